The lowest BCUT2D eigenvalue weighted by Gasteiger charge is -2.04. The van der Waals surface area contributed by atoms with Gasteiger partial charge < -0.3 is 5.73 Å². The molecule has 1 aromatic heterocycles. The van der Waals surface area contributed by atoms with Gasteiger partial charge in [0.15, 0.2) is 0 Å². The Balaban J connectivity index is 2.21. The van der Waals surface area contributed by atoms with Gasteiger partial charge in [0, 0.05) is 15.6 Å². The van der Waals surface area contributed by atoms with Crippen LogP contribution < -0.4 is 5.73 Å². The Labute approximate surface area is 106 Å². The number of halogens is 1. The van der Waals surface area contributed by atoms with Gasteiger partial charge in [-0.05, 0) is 29.6 Å². The molecular formula is C11H10ClNOS2. The minimum absolute atomic E-state index is 0.488. The van der Waals surface area contributed by atoms with Crippen molar-refractivity contribution < 1.29 is 4.21 Å². The summed E-state index contributed by atoms with van der Waals surface area (Å²) >= 11 is 7.38. The lowest BCUT2D eigenvalue weighted by Crippen LogP contribution is -1.99. The van der Waals surface area contributed by atoms with Crippen molar-refractivity contribution in [3.05, 3.63) is 45.6 Å². The monoisotopic (exact) mass is 271 g/mol. The largest absolute Gasteiger partial charge is 0.398 e. The molecule has 0 aliphatic rings. The van der Waals surface area contributed by atoms with Crippen molar-refractivity contribution in [3.63, 3.8) is 0 Å². The lowest BCUT2D eigenvalue weighted by molar-refractivity contribution is 0.683. The van der Waals surface area contributed by atoms with E-state index in [4.69, 9.17) is 17.3 Å². The molecule has 2 aromatic rings. The first-order valence-corrected chi connectivity index (χ1v) is 7.20. The van der Waals surface area contributed by atoms with Gasteiger partial charge in [-0.3, -0.25) is 4.21 Å². The van der Waals surface area contributed by atoms with Gasteiger partial charge >= 0.3 is 0 Å². The average Bonchev–Trinajstić information content (AvgIpc) is 2.70. The highest BCUT2D eigenvalue weighted by atomic mass is 35.5. The molecule has 0 radical (unpaired) electrons. The van der Waals surface area contributed by atoms with Gasteiger partial charge in [0.25, 0.3) is 0 Å². The molecule has 0 fully saturated rings. The molecule has 5 heteroatoms. The Bertz CT molecular complexity index is 511. The van der Waals surface area contributed by atoms with E-state index in [-0.39, 0.29) is 0 Å². The summed E-state index contributed by atoms with van der Waals surface area (Å²) in [6.07, 6.45) is 0. The molecule has 16 heavy (non-hydrogen) atoms. The van der Waals surface area contributed by atoms with E-state index < -0.39 is 10.8 Å². The average molecular weight is 272 g/mol. The second kappa shape index (κ2) is 4.99. The molecule has 2 nitrogen and oxygen atoms in total. The topological polar surface area (TPSA) is 43.1 Å². The number of nitrogen functional groups attached to an aromatic ring is 1. The molecule has 1 heterocycles. The van der Waals surface area contributed by atoms with Crippen LogP contribution in [0.3, 0.4) is 0 Å². The lowest BCUT2D eigenvalue weighted by atomic mass is 10.3. The Kier molecular flexibility index (Phi) is 3.63. The zero-order valence-corrected chi connectivity index (χ0v) is 10.7. The molecule has 2 rings (SSSR count). The SMILES string of the molecule is Nc1cc(Cl)ccc1S(=O)Cc1cccs1. The Morgan fingerprint density at radius 2 is 2.19 bits per heavy atom. The molecule has 0 saturated carbocycles. The minimum Gasteiger partial charge on any atom is -0.398 e. The van der Waals surface area contributed by atoms with Crippen LogP contribution in [0.1, 0.15) is 4.88 Å². The van der Waals surface area contributed by atoms with Crippen molar-refractivity contribution in [1.29, 1.82) is 0 Å². The third kappa shape index (κ3) is 2.64. The third-order valence-electron chi connectivity index (χ3n) is 2.07. The normalized spacial score (nSPS) is 12.6. The van der Waals surface area contributed by atoms with E-state index in [2.05, 4.69) is 0 Å². The van der Waals surface area contributed by atoms with Crippen molar-refractivity contribution in [2.75, 3.05) is 5.73 Å². The molecule has 1 aromatic carbocycles. The highest BCUT2D eigenvalue weighted by Crippen LogP contribution is 2.23. The molecule has 1 atom stereocenters. The van der Waals surface area contributed by atoms with E-state index >= 15 is 0 Å². The van der Waals surface area contributed by atoms with Crippen LogP contribution >= 0.6 is 22.9 Å². The van der Waals surface area contributed by atoms with Gasteiger partial charge in [0.05, 0.1) is 21.4 Å². The number of hydrogen-bond acceptors (Lipinski definition) is 3. The van der Waals surface area contributed by atoms with Gasteiger partial charge in [-0.1, -0.05) is 17.7 Å². The van der Waals surface area contributed by atoms with Gasteiger partial charge in [-0.2, -0.15) is 0 Å². The fourth-order valence-corrected chi connectivity index (χ4v) is 3.64. The summed E-state index contributed by atoms with van der Waals surface area (Å²) in [4.78, 5) is 1.74. The Morgan fingerprint density at radius 1 is 1.38 bits per heavy atom. The van der Waals surface area contributed by atoms with Crippen molar-refractivity contribution in [2.45, 2.75) is 10.6 Å². The third-order valence-corrected chi connectivity index (χ3v) is 4.80. The maximum Gasteiger partial charge on any atom is 0.0627 e. The zero-order chi connectivity index (χ0) is 11.5. The summed E-state index contributed by atoms with van der Waals surface area (Å²) in [5.41, 5.74) is 6.27. The van der Waals surface area contributed by atoms with Crippen LogP contribution in [0.15, 0.2) is 40.6 Å². The predicted octanol–water partition coefficient (Wildman–Crippen LogP) is 3.29. The minimum atomic E-state index is -1.11. The summed E-state index contributed by atoms with van der Waals surface area (Å²) in [6, 6.07) is 8.97. The molecule has 0 saturated heterocycles. The van der Waals surface area contributed by atoms with E-state index in [0.29, 0.717) is 21.4 Å². The molecule has 1 unspecified atom stereocenters. The number of hydrogen-bond donors (Lipinski definition) is 1. The number of rotatable bonds is 3. The van der Waals surface area contributed by atoms with Crippen LogP contribution in [0.2, 0.25) is 5.02 Å². The quantitative estimate of drug-likeness (QED) is 0.871. The van der Waals surface area contributed by atoms with Gasteiger partial charge in [0.2, 0.25) is 0 Å². The van der Waals surface area contributed by atoms with Crippen LogP contribution in [-0.2, 0) is 16.6 Å². The highest BCUT2D eigenvalue weighted by molar-refractivity contribution is 7.84. The maximum atomic E-state index is 12.0. The van der Waals surface area contributed by atoms with E-state index in [1.807, 2.05) is 17.5 Å². The summed E-state index contributed by atoms with van der Waals surface area (Å²) in [6.45, 7) is 0. The van der Waals surface area contributed by atoms with E-state index in [1.165, 1.54) is 0 Å². The molecule has 2 N–H and O–H groups in total. The van der Waals surface area contributed by atoms with Crippen molar-refractivity contribution >= 4 is 39.4 Å². The van der Waals surface area contributed by atoms with Crippen molar-refractivity contribution in [3.8, 4) is 0 Å². The molecule has 0 aliphatic carbocycles. The van der Waals surface area contributed by atoms with E-state index in [1.54, 1.807) is 29.5 Å². The fourth-order valence-electron chi connectivity index (χ4n) is 1.33. The fraction of sp³-hybridized carbons (Fsp3) is 0.0909. The van der Waals surface area contributed by atoms with Crippen LogP contribution in [-0.4, -0.2) is 4.21 Å². The summed E-state index contributed by atoms with van der Waals surface area (Å²) in [5.74, 6) is 0.503. The van der Waals surface area contributed by atoms with E-state index in [0.717, 1.165) is 4.88 Å². The Morgan fingerprint density at radius 3 is 2.81 bits per heavy atom. The van der Waals surface area contributed by atoms with Gasteiger partial charge in [0.1, 0.15) is 0 Å². The van der Waals surface area contributed by atoms with Gasteiger partial charge in [-0.15, -0.1) is 11.3 Å². The molecule has 84 valence electrons. The van der Waals surface area contributed by atoms with Gasteiger partial charge in [-0.25, -0.2) is 0 Å². The summed E-state index contributed by atoms with van der Waals surface area (Å²) in [5, 5.41) is 2.53. The first-order chi connectivity index (χ1) is 7.66. The molecule has 0 amide bonds. The second-order valence-electron chi connectivity index (χ2n) is 3.25. The van der Waals surface area contributed by atoms with Crippen molar-refractivity contribution in [1.82, 2.24) is 0 Å². The molecule has 0 bridgehead atoms. The number of thiophene rings is 1. The van der Waals surface area contributed by atoms with Crippen molar-refractivity contribution in [2.24, 2.45) is 0 Å². The molecule has 0 spiro atoms. The standard InChI is InChI=1S/C11H10ClNOS2/c12-8-3-4-11(10(13)6-8)16(14)7-9-2-1-5-15-9/h1-6H,7,13H2. The number of anilines is 1. The van der Waals surface area contributed by atoms with Crippen LogP contribution in [0, 0.1) is 0 Å². The zero-order valence-electron chi connectivity index (χ0n) is 8.35. The number of nitrogens with two attached hydrogens (primary N) is 1. The maximum absolute atomic E-state index is 12.0. The summed E-state index contributed by atoms with van der Waals surface area (Å²) < 4.78 is 12.0. The smallest absolute Gasteiger partial charge is 0.0627 e. The van der Waals surface area contributed by atoms with Crippen LogP contribution in [0.5, 0.6) is 0 Å². The Hall–Kier alpha value is -0.840. The summed E-state index contributed by atoms with van der Waals surface area (Å²) in [7, 11) is -1.11. The first kappa shape index (κ1) is 11.6. The van der Waals surface area contributed by atoms with E-state index in [9.17, 15) is 4.21 Å². The second-order valence-corrected chi connectivity index (χ2v) is 6.14. The molecule has 0 aliphatic heterocycles. The van der Waals surface area contributed by atoms with Crippen LogP contribution in [0.4, 0.5) is 5.69 Å². The van der Waals surface area contributed by atoms with Crippen LogP contribution in [0.25, 0.3) is 0 Å². The number of benzene rings is 1. The molecular weight excluding hydrogens is 262 g/mol. The highest BCUT2D eigenvalue weighted by Gasteiger charge is 2.09. The predicted molar refractivity (Wildman–Crippen MR) is 70.3 cm³/mol. The first-order valence-electron chi connectivity index (χ1n) is 4.62.